The standard InChI is InChI=1S/C21H27NO4S/c1-21(2,3)19-9-7-16(8-10-19)11-12-27(25,26)22-15-18-6-4-5-17(13-18)14-20(23)24/h4-10,13,22H,11-12,14-15H2,1-3H3,(H,23,24). The zero-order valence-electron chi connectivity index (χ0n) is 16.0. The van der Waals surface area contributed by atoms with Crippen LogP contribution in [0.2, 0.25) is 0 Å². The van der Waals surface area contributed by atoms with Gasteiger partial charge in [0.25, 0.3) is 0 Å². The van der Waals surface area contributed by atoms with E-state index in [1.54, 1.807) is 24.3 Å². The number of aryl methyl sites for hydroxylation is 1. The quantitative estimate of drug-likeness (QED) is 0.726. The number of hydrogen-bond donors (Lipinski definition) is 2. The van der Waals surface area contributed by atoms with E-state index in [4.69, 9.17) is 5.11 Å². The number of carbonyl (C=O) groups is 1. The first-order chi connectivity index (χ1) is 12.5. The highest BCUT2D eigenvalue weighted by Crippen LogP contribution is 2.22. The fourth-order valence-electron chi connectivity index (χ4n) is 2.71. The van der Waals surface area contributed by atoms with E-state index in [0.717, 1.165) is 11.1 Å². The second-order valence-corrected chi connectivity index (χ2v) is 9.65. The Morgan fingerprint density at radius 1 is 1.00 bits per heavy atom. The summed E-state index contributed by atoms with van der Waals surface area (Å²) in [6, 6.07) is 15.0. The minimum Gasteiger partial charge on any atom is -0.481 e. The number of rotatable bonds is 8. The van der Waals surface area contributed by atoms with Crippen LogP contribution in [-0.4, -0.2) is 25.2 Å². The maximum absolute atomic E-state index is 12.3. The monoisotopic (exact) mass is 389 g/mol. The number of hydrogen-bond acceptors (Lipinski definition) is 3. The highest BCUT2D eigenvalue weighted by atomic mass is 32.2. The summed E-state index contributed by atoms with van der Waals surface area (Å²) in [5, 5.41) is 8.85. The third-order valence-corrected chi connectivity index (χ3v) is 5.65. The fraction of sp³-hybridized carbons (Fsp3) is 0.381. The zero-order valence-corrected chi connectivity index (χ0v) is 16.8. The van der Waals surface area contributed by atoms with Gasteiger partial charge < -0.3 is 5.11 Å². The van der Waals surface area contributed by atoms with Gasteiger partial charge in [0.1, 0.15) is 0 Å². The second kappa shape index (κ2) is 8.67. The predicted octanol–water partition coefficient (Wildman–Crippen LogP) is 3.27. The van der Waals surface area contributed by atoms with E-state index >= 15 is 0 Å². The van der Waals surface area contributed by atoms with Crippen molar-refractivity contribution in [1.29, 1.82) is 0 Å². The smallest absolute Gasteiger partial charge is 0.307 e. The lowest BCUT2D eigenvalue weighted by Gasteiger charge is -2.19. The molecule has 146 valence electrons. The van der Waals surface area contributed by atoms with Crippen molar-refractivity contribution in [3.63, 3.8) is 0 Å². The van der Waals surface area contributed by atoms with Crippen molar-refractivity contribution in [1.82, 2.24) is 4.72 Å². The predicted molar refractivity (Wildman–Crippen MR) is 107 cm³/mol. The van der Waals surface area contributed by atoms with Crippen LogP contribution >= 0.6 is 0 Å². The largest absolute Gasteiger partial charge is 0.481 e. The Labute approximate surface area is 161 Å². The molecule has 0 saturated heterocycles. The first-order valence-electron chi connectivity index (χ1n) is 8.91. The average Bonchev–Trinajstić information content (AvgIpc) is 2.58. The molecule has 0 aliphatic rings. The van der Waals surface area contributed by atoms with E-state index in [2.05, 4.69) is 25.5 Å². The number of benzene rings is 2. The van der Waals surface area contributed by atoms with Crippen LogP contribution < -0.4 is 4.72 Å². The maximum Gasteiger partial charge on any atom is 0.307 e. The third kappa shape index (κ3) is 7.15. The summed E-state index contributed by atoms with van der Waals surface area (Å²) in [7, 11) is -3.42. The number of nitrogens with one attached hydrogen (secondary N) is 1. The Kier molecular flexibility index (Phi) is 6.78. The van der Waals surface area contributed by atoms with E-state index in [1.807, 2.05) is 24.3 Å². The lowest BCUT2D eigenvalue weighted by atomic mass is 9.86. The molecule has 2 rings (SSSR count). The number of aliphatic carboxylic acids is 1. The van der Waals surface area contributed by atoms with Crippen LogP contribution in [0, 0.1) is 0 Å². The van der Waals surface area contributed by atoms with E-state index in [9.17, 15) is 13.2 Å². The van der Waals surface area contributed by atoms with Gasteiger partial charge in [-0.05, 0) is 34.1 Å². The van der Waals surface area contributed by atoms with E-state index in [-0.39, 0.29) is 24.1 Å². The van der Waals surface area contributed by atoms with Crippen molar-refractivity contribution in [3.8, 4) is 0 Å². The fourth-order valence-corrected chi connectivity index (χ4v) is 3.75. The second-order valence-electron chi connectivity index (χ2n) is 7.73. The third-order valence-electron chi connectivity index (χ3n) is 4.32. The van der Waals surface area contributed by atoms with Crippen LogP contribution in [0.3, 0.4) is 0 Å². The van der Waals surface area contributed by atoms with Gasteiger partial charge in [0.15, 0.2) is 0 Å². The van der Waals surface area contributed by atoms with Gasteiger partial charge in [-0.1, -0.05) is 69.3 Å². The van der Waals surface area contributed by atoms with Gasteiger partial charge in [-0.3, -0.25) is 4.79 Å². The molecule has 0 atom stereocenters. The highest BCUT2D eigenvalue weighted by molar-refractivity contribution is 7.89. The lowest BCUT2D eigenvalue weighted by Crippen LogP contribution is -2.27. The van der Waals surface area contributed by atoms with Gasteiger partial charge in [-0.2, -0.15) is 0 Å². The summed E-state index contributed by atoms with van der Waals surface area (Å²) in [6.07, 6.45) is 0.365. The molecule has 0 radical (unpaired) electrons. The summed E-state index contributed by atoms with van der Waals surface area (Å²) < 4.78 is 27.1. The zero-order chi connectivity index (χ0) is 20.1. The Bertz CT molecular complexity index is 881. The molecular weight excluding hydrogens is 362 g/mol. The summed E-state index contributed by atoms with van der Waals surface area (Å²) in [4.78, 5) is 10.8. The summed E-state index contributed by atoms with van der Waals surface area (Å²) >= 11 is 0. The number of carboxylic acid groups (broad SMARTS) is 1. The Morgan fingerprint density at radius 3 is 2.22 bits per heavy atom. The van der Waals surface area contributed by atoms with Crippen molar-refractivity contribution in [2.45, 2.75) is 45.6 Å². The summed E-state index contributed by atoms with van der Waals surface area (Å²) in [5.74, 6) is -0.901. The van der Waals surface area contributed by atoms with E-state index in [0.29, 0.717) is 12.0 Å². The summed E-state index contributed by atoms with van der Waals surface area (Å²) in [5.41, 5.74) is 3.66. The molecule has 0 fully saturated rings. The molecule has 0 heterocycles. The Morgan fingerprint density at radius 2 is 1.63 bits per heavy atom. The van der Waals surface area contributed by atoms with Gasteiger partial charge in [0, 0.05) is 6.54 Å². The highest BCUT2D eigenvalue weighted by Gasteiger charge is 2.14. The normalized spacial score (nSPS) is 12.1. The van der Waals surface area contributed by atoms with Gasteiger partial charge in [-0.15, -0.1) is 0 Å². The SMILES string of the molecule is CC(C)(C)c1ccc(CCS(=O)(=O)NCc2cccc(CC(=O)O)c2)cc1. The molecule has 0 bridgehead atoms. The van der Waals surface area contributed by atoms with E-state index in [1.165, 1.54) is 5.56 Å². The number of carboxylic acids is 1. The van der Waals surface area contributed by atoms with E-state index < -0.39 is 16.0 Å². The van der Waals surface area contributed by atoms with Crippen molar-refractivity contribution in [2.75, 3.05) is 5.75 Å². The molecule has 0 spiro atoms. The van der Waals surface area contributed by atoms with Crippen molar-refractivity contribution < 1.29 is 18.3 Å². The number of sulfonamides is 1. The van der Waals surface area contributed by atoms with Gasteiger partial charge in [0.2, 0.25) is 10.0 Å². The molecule has 2 aromatic rings. The Balaban J connectivity index is 1.91. The summed E-state index contributed by atoms with van der Waals surface area (Å²) in [6.45, 7) is 6.57. The van der Waals surface area contributed by atoms with Crippen LogP contribution in [0.4, 0.5) is 0 Å². The van der Waals surface area contributed by atoms with Crippen molar-refractivity contribution >= 4 is 16.0 Å². The first kappa shape index (κ1) is 21.1. The molecule has 2 N–H and O–H groups in total. The van der Waals surface area contributed by atoms with Crippen LogP contribution in [0.15, 0.2) is 48.5 Å². The molecule has 0 saturated carbocycles. The Hall–Kier alpha value is -2.18. The van der Waals surface area contributed by atoms with Gasteiger partial charge >= 0.3 is 5.97 Å². The molecule has 0 amide bonds. The molecular formula is C21H27NO4S. The minimum atomic E-state index is -3.42. The molecule has 5 nitrogen and oxygen atoms in total. The molecule has 0 aliphatic carbocycles. The molecule has 2 aromatic carbocycles. The van der Waals surface area contributed by atoms with Crippen LogP contribution in [0.1, 0.15) is 43.0 Å². The minimum absolute atomic E-state index is 0.0106. The van der Waals surface area contributed by atoms with Crippen molar-refractivity contribution in [2.24, 2.45) is 0 Å². The van der Waals surface area contributed by atoms with Crippen LogP contribution in [0.25, 0.3) is 0 Å². The maximum atomic E-state index is 12.3. The average molecular weight is 390 g/mol. The molecule has 0 aliphatic heterocycles. The van der Waals surface area contributed by atoms with Gasteiger partial charge in [0.05, 0.1) is 12.2 Å². The van der Waals surface area contributed by atoms with Gasteiger partial charge in [-0.25, -0.2) is 13.1 Å². The van der Waals surface area contributed by atoms with Crippen molar-refractivity contribution in [3.05, 3.63) is 70.8 Å². The van der Waals surface area contributed by atoms with Crippen LogP contribution in [0.5, 0.6) is 0 Å². The lowest BCUT2D eigenvalue weighted by molar-refractivity contribution is -0.136. The molecule has 0 unspecified atom stereocenters. The molecule has 0 aromatic heterocycles. The first-order valence-corrected chi connectivity index (χ1v) is 10.6. The topological polar surface area (TPSA) is 83.5 Å². The molecule has 6 heteroatoms. The van der Waals surface area contributed by atoms with Crippen LogP contribution in [-0.2, 0) is 39.6 Å². The molecule has 27 heavy (non-hydrogen) atoms.